The number of nitrogens with zero attached hydrogens (tertiary/aromatic N) is 1. The van der Waals surface area contributed by atoms with Gasteiger partial charge >= 0.3 is 0 Å². The summed E-state index contributed by atoms with van der Waals surface area (Å²) in [5.41, 5.74) is 1.58. The van der Waals surface area contributed by atoms with Crippen LogP contribution in [-0.2, 0) is 14.8 Å². The van der Waals surface area contributed by atoms with Crippen molar-refractivity contribution in [1.29, 1.82) is 0 Å². The number of anilines is 1. The maximum absolute atomic E-state index is 12.2. The van der Waals surface area contributed by atoms with E-state index in [0.717, 1.165) is 20.6 Å². The van der Waals surface area contributed by atoms with Crippen LogP contribution in [0, 0.1) is 0 Å². The molecule has 1 amide bonds. The molecule has 1 N–H and O–H groups in total. The predicted molar refractivity (Wildman–Crippen MR) is 104 cm³/mol. The topological polar surface area (TPSA) is 66.5 Å². The number of nitrogens with one attached hydrogen (secondary N) is 1. The van der Waals surface area contributed by atoms with Gasteiger partial charge in [-0.3, -0.25) is 9.10 Å². The molecular formula is C18H21BrN2O3S. The molecule has 7 heteroatoms. The molecule has 0 aliphatic carbocycles. The Bertz CT molecular complexity index is 808. The van der Waals surface area contributed by atoms with E-state index < -0.39 is 10.0 Å². The van der Waals surface area contributed by atoms with Crippen molar-refractivity contribution < 1.29 is 13.2 Å². The van der Waals surface area contributed by atoms with Crippen molar-refractivity contribution in [2.45, 2.75) is 12.8 Å². The largest absolute Gasteiger partial charge is 0.354 e. The summed E-state index contributed by atoms with van der Waals surface area (Å²) in [5, 5.41) is 2.81. The molecule has 2 rings (SSSR count). The Hall–Kier alpha value is -1.86. The third kappa shape index (κ3) is 5.86. The third-order valence-electron chi connectivity index (χ3n) is 3.78. The average Bonchev–Trinajstić information content (AvgIpc) is 2.58. The molecule has 134 valence electrons. The smallest absolute Gasteiger partial charge is 0.240 e. The van der Waals surface area contributed by atoms with E-state index in [2.05, 4.69) is 21.2 Å². The lowest BCUT2D eigenvalue weighted by Crippen LogP contribution is -2.41. The van der Waals surface area contributed by atoms with Crippen LogP contribution >= 0.6 is 15.9 Å². The molecule has 2 aromatic carbocycles. The fourth-order valence-corrected chi connectivity index (χ4v) is 3.48. The molecule has 0 bridgehead atoms. The monoisotopic (exact) mass is 424 g/mol. The van der Waals surface area contributed by atoms with Crippen molar-refractivity contribution in [3.05, 3.63) is 64.6 Å². The lowest BCUT2D eigenvalue weighted by atomic mass is 10.0. The van der Waals surface area contributed by atoms with Crippen molar-refractivity contribution in [3.63, 3.8) is 0 Å². The molecule has 0 unspecified atom stereocenters. The second kappa shape index (κ2) is 8.49. The van der Waals surface area contributed by atoms with Crippen molar-refractivity contribution >= 4 is 37.5 Å². The van der Waals surface area contributed by atoms with Gasteiger partial charge < -0.3 is 5.32 Å². The zero-order valence-corrected chi connectivity index (χ0v) is 16.5. The first kappa shape index (κ1) is 19.5. The van der Waals surface area contributed by atoms with E-state index in [4.69, 9.17) is 0 Å². The highest BCUT2D eigenvalue weighted by atomic mass is 79.9. The molecule has 0 aliphatic heterocycles. The molecule has 5 nitrogen and oxygen atoms in total. The first-order valence-electron chi connectivity index (χ1n) is 7.82. The van der Waals surface area contributed by atoms with E-state index in [-0.39, 0.29) is 18.4 Å². The molecule has 0 saturated heterocycles. The van der Waals surface area contributed by atoms with E-state index in [1.807, 2.05) is 37.3 Å². The van der Waals surface area contributed by atoms with Crippen LogP contribution in [0.5, 0.6) is 0 Å². The standard InChI is InChI=1S/C18H21BrN2O3S/c1-14(15-6-4-3-5-7-15)12-20-18(22)13-21(25(2,23)24)17-10-8-16(19)9-11-17/h3-11,14H,12-13H2,1-2H3,(H,20,22)/t14-/m0/s1. The van der Waals surface area contributed by atoms with Gasteiger partial charge in [0.05, 0.1) is 11.9 Å². The number of hydrogen-bond acceptors (Lipinski definition) is 3. The van der Waals surface area contributed by atoms with Crippen LogP contribution in [0.4, 0.5) is 5.69 Å². The van der Waals surface area contributed by atoms with E-state index in [9.17, 15) is 13.2 Å². The average molecular weight is 425 g/mol. The fraction of sp³-hybridized carbons (Fsp3) is 0.278. The number of carbonyl (C=O) groups excluding carboxylic acids is 1. The van der Waals surface area contributed by atoms with Crippen LogP contribution in [0.25, 0.3) is 0 Å². The summed E-state index contributed by atoms with van der Waals surface area (Å²) in [4.78, 5) is 12.2. The van der Waals surface area contributed by atoms with Crippen LogP contribution in [-0.4, -0.2) is 33.7 Å². The van der Waals surface area contributed by atoms with E-state index in [1.165, 1.54) is 0 Å². The Balaban J connectivity index is 2.01. The lowest BCUT2D eigenvalue weighted by molar-refractivity contribution is -0.119. The molecule has 0 heterocycles. The maximum Gasteiger partial charge on any atom is 0.240 e. The molecular weight excluding hydrogens is 404 g/mol. The van der Waals surface area contributed by atoms with Crippen LogP contribution in [0.15, 0.2) is 59.1 Å². The van der Waals surface area contributed by atoms with Crippen molar-refractivity contribution in [2.75, 3.05) is 23.7 Å². The number of halogens is 1. The number of benzene rings is 2. The number of amides is 1. The van der Waals surface area contributed by atoms with Gasteiger partial charge in [-0.15, -0.1) is 0 Å². The quantitative estimate of drug-likeness (QED) is 0.741. The summed E-state index contributed by atoms with van der Waals surface area (Å²) >= 11 is 3.31. The minimum Gasteiger partial charge on any atom is -0.354 e. The molecule has 0 fully saturated rings. The highest BCUT2D eigenvalue weighted by Crippen LogP contribution is 2.20. The van der Waals surface area contributed by atoms with Gasteiger partial charge in [0.25, 0.3) is 0 Å². The van der Waals surface area contributed by atoms with Crippen LogP contribution in [0.1, 0.15) is 18.4 Å². The van der Waals surface area contributed by atoms with Crippen molar-refractivity contribution in [1.82, 2.24) is 5.32 Å². The van der Waals surface area contributed by atoms with Crippen LogP contribution < -0.4 is 9.62 Å². The Labute approximate surface area is 157 Å². The van der Waals surface area contributed by atoms with Gasteiger partial charge in [0.1, 0.15) is 6.54 Å². The molecule has 0 radical (unpaired) electrons. The van der Waals surface area contributed by atoms with Crippen molar-refractivity contribution in [2.24, 2.45) is 0 Å². The second-order valence-electron chi connectivity index (χ2n) is 5.86. The Kier molecular flexibility index (Phi) is 6.61. The molecule has 0 aromatic heterocycles. The van der Waals surface area contributed by atoms with Crippen LogP contribution in [0.2, 0.25) is 0 Å². The number of sulfonamides is 1. The van der Waals surface area contributed by atoms with E-state index >= 15 is 0 Å². The molecule has 1 atom stereocenters. The van der Waals surface area contributed by atoms with Gasteiger partial charge in [-0.2, -0.15) is 0 Å². The van der Waals surface area contributed by atoms with Gasteiger partial charge in [-0.1, -0.05) is 53.2 Å². The molecule has 25 heavy (non-hydrogen) atoms. The minimum absolute atomic E-state index is 0.143. The minimum atomic E-state index is -3.56. The lowest BCUT2D eigenvalue weighted by Gasteiger charge is -2.22. The summed E-state index contributed by atoms with van der Waals surface area (Å²) in [7, 11) is -3.56. The zero-order chi connectivity index (χ0) is 18.4. The Morgan fingerprint density at radius 2 is 1.72 bits per heavy atom. The molecule has 0 saturated carbocycles. The molecule has 0 aliphatic rings. The first-order chi connectivity index (χ1) is 11.8. The third-order valence-corrected chi connectivity index (χ3v) is 5.45. The summed E-state index contributed by atoms with van der Waals surface area (Å²) in [5.74, 6) is -0.194. The Morgan fingerprint density at radius 1 is 1.12 bits per heavy atom. The SMILES string of the molecule is C[C@@H](CNC(=O)CN(c1ccc(Br)cc1)S(C)(=O)=O)c1ccccc1. The number of hydrogen-bond donors (Lipinski definition) is 1. The van der Waals surface area contributed by atoms with Gasteiger partial charge in [-0.05, 0) is 35.7 Å². The summed E-state index contributed by atoms with van der Waals surface area (Å²) in [6.07, 6.45) is 1.09. The van der Waals surface area contributed by atoms with Crippen LogP contribution in [0.3, 0.4) is 0 Å². The zero-order valence-electron chi connectivity index (χ0n) is 14.1. The van der Waals surface area contributed by atoms with E-state index in [1.54, 1.807) is 24.3 Å². The van der Waals surface area contributed by atoms with Gasteiger partial charge in [0, 0.05) is 11.0 Å². The van der Waals surface area contributed by atoms with Crippen molar-refractivity contribution in [3.8, 4) is 0 Å². The Morgan fingerprint density at radius 3 is 2.28 bits per heavy atom. The van der Waals surface area contributed by atoms with Gasteiger partial charge in [-0.25, -0.2) is 8.42 Å². The summed E-state index contributed by atoms with van der Waals surface area (Å²) in [6, 6.07) is 16.6. The van der Waals surface area contributed by atoms with Gasteiger partial charge in [0.2, 0.25) is 15.9 Å². The predicted octanol–water partition coefficient (Wildman–Crippen LogP) is 3.14. The normalized spacial score (nSPS) is 12.4. The molecule has 2 aromatic rings. The summed E-state index contributed by atoms with van der Waals surface area (Å²) < 4.78 is 26.0. The summed E-state index contributed by atoms with van der Waals surface area (Å²) in [6.45, 7) is 2.21. The maximum atomic E-state index is 12.2. The molecule has 0 spiro atoms. The number of carbonyl (C=O) groups is 1. The first-order valence-corrected chi connectivity index (χ1v) is 10.5. The number of rotatable bonds is 7. The fourth-order valence-electron chi connectivity index (χ4n) is 2.36. The van der Waals surface area contributed by atoms with E-state index in [0.29, 0.717) is 12.2 Å². The van der Waals surface area contributed by atoms with Gasteiger partial charge in [0.15, 0.2) is 0 Å². The second-order valence-corrected chi connectivity index (χ2v) is 8.68. The highest BCUT2D eigenvalue weighted by Gasteiger charge is 2.21. The highest BCUT2D eigenvalue weighted by molar-refractivity contribution is 9.10.